The van der Waals surface area contributed by atoms with E-state index in [0.29, 0.717) is 10.8 Å². The van der Waals surface area contributed by atoms with E-state index in [-0.39, 0.29) is 19.1 Å². The molecule has 1 aliphatic heterocycles. The summed E-state index contributed by atoms with van der Waals surface area (Å²) in [4.78, 5) is 27.6. The second-order valence-corrected chi connectivity index (χ2v) is 9.44. The molecule has 146 valence electrons. The third kappa shape index (κ3) is 3.92. The number of carbonyl (C=O) groups is 2. The minimum absolute atomic E-state index is 0.0165. The molecule has 10 heteroatoms. The predicted octanol–water partition coefficient (Wildman–Crippen LogP) is 1.91. The van der Waals surface area contributed by atoms with Crippen molar-refractivity contribution < 1.29 is 18.0 Å². The van der Waals surface area contributed by atoms with Gasteiger partial charge in [0.1, 0.15) is 0 Å². The summed E-state index contributed by atoms with van der Waals surface area (Å²) in [6.07, 6.45) is 0.954. The number of likely N-dealkylation sites (N-methyl/N-ethyl adjacent to an activating group) is 1. The van der Waals surface area contributed by atoms with Crippen LogP contribution in [0.5, 0.6) is 0 Å². The van der Waals surface area contributed by atoms with Crippen molar-refractivity contribution in [1.29, 1.82) is 0 Å². The Labute approximate surface area is 162 Å². The Kier molecular flexibility index (Phi) is 5.41. The van der Waals surface area contributed by atoms with Crippen LogP contribution in [0.1, 0.15) is 11.6 Å². The van der Waals surface area contributed by atoms with Crippen LogP contribution in [0.25, 0.3) is 10.1 Å². The molecule has 1 saturated heterocycles. The van der Waals surface area contributed by atoms with Crippen LogP contribution in [0, 0.1) is 0 Å². The molecule has 0 saturated carbocycles. The second-order valence-electron chi connectivity index (χ2n) is 6.62. The number of nitrogens with zero attached hydrogens (tertiary/aromatic N) is 3. The maximum Gasteiger partial charge on any atom is 0.341 e. The summed E-state index contributed by atoms with van der Waals surface area (Å²) in [5.41, 5.74) is 1.10. The van der Waals surface area contributed by atoms with E-state index in [1.165, 1.54) is 4.70 Å². The molecule has 1 aromatic carbocycles. The summed E-state index contributed by atoms with van der Waals surface area (Å²) in [5.74, 6) is 0. The van der Waals surface area contributed by atoms with E-state index in [4.69, 9.17) is 0 Å². The number of urea groups is 2. The zero-order valence-electron chi connectivity index (χ0n) is 15.4. The van der Waals surface area contributed by atoms with E-state index in [0.717, 1.165) is 22.1 Å². The lowest BCUT2D eigenvalue weighted by molar-refractivity contribution is 0.191. The van der Waals surface area contributed by atoms with Crippen molar-refractivity contribution in [2.45, 2.75) is 6.04 Å². The van der Waals surface area contributed by atoms with Crippen LogP contribution >= 0.6 is 11.3 Å². The van der Waals surface area contributed by atoms with Crippen molar-refractivity contribution in [1.82, 2.24) is 19.4 Å². The molecule has 8 nitrogen and oxygen atoms in total. The highest BCUT2D eigenvalue weighted by atomic mass is 32.2. The minimum Gasteiger partial charge on any atom is -0.336 e. The first kappa shape index (κ1) is 19.6. The fraction of sp³-hybridized carbons (Fsp3) is 0.412. The Balaban J connectivity index is 1.72. The van der Waals surface area contributed by atoms with Crippen LogP contribution in [-0.4, -0.2) is 74.6 Å². The smallest absolute Gasteiger partial charge is 0.336 e. The van der Waals surface area contributed by atoms with Crippen LogP contribution in [0.4, 0.5) is 9.59 Å². The molecular weight excluding hydrogens is 388 g/mol. The Bertz CT molecular complexity index is 970. The number of rotatable bonds is 5. The highest BCUT2D eigenvalue weighted by Crippen LogP contribution is 2.32. The van der Waals surface area contributed by atoms with Gasteiger partial charge < -0.3 is 10.2 Å². The average molecular weight is 411 g/mol. The maximum absolute atomic E-state index is 12.4. The van der Waals surface area contributed by atoms with Crippen LogP contribution in [0.2, 0.25) is 0 Å². The van der Waals surface area contributed by atoms with Gasteiger partial charge in [0.2, 0.25) is 10.0 Å². The van der Waals surface area contributed by atoms with Gasteiger partial charge in [-0.15, -0.1) is 11.3 Å². The number of nitrogens with one attached hydrogen (secondary N) is 1. The molecule has 0 bridgehead atoms. The summed E-state index contributed by atoms with van der Waals surface area (Å²) in [7, 11) is 0.185. The van der Waals surface area contributed by atoms with Gasteiger partial charge in [0.25, 0.3) is 0 Å². The third-order valence-electron chi connectivity index (χ3n) is 4.56. The lowest BCUT2D eigenvalue weighted by Crippen LogP contribution is -2.45. The van der Waals surface area contributed by atoms with Gasteiger partial charge in [-0.2, -0.15) is 0 Å². The summed E-state index contributed by atoms with van der Waals surface area (Å²) in [6, 6.07) is 6.60. The largest absolute Gasteiger partial charge is 0.341 e. The molecule has 1 fully saturated rings. The number of thiophene rings is 1. The fourth-order valence-electron chi connectivity index (χ4n) is 3.12. The molecule has 2 aromatic rings. The summed E-state index contributed by atoms with van der Waals surface area (Å²) in [5, 5.41) is 5.98. The van der Waals surface area contributed by atoms with Crippen molar-refractivity contribution in [3.63, 3.8) is 0 Å². The normalized spacial score (nSPS) is 16.4. The van der Waals surface area contributed by atoms with E-state index in [2.05, 4.69) is 16.8 Å². The summed E-state index contributed by atoms with van der Waals surface area (Å²) in [6.45, 7) is 0.332. The van der Waals surface area contributed by atoms with Gasteiger partial charge in [0, 0.05) is 11.2 Å². The summed E-state index contributed by atoms with van der Waals surface area (Å²) >= 11 is 1.65. The molecule has 1 atom stereocenters. The Hall–Kier alpha value is -2.17. The van der Waals surface area contributed by atoms with Crippen molar-refractivity contribution in [3.8, 4) is 0 Å². The predicted molar refractivity (Wildman–Crippen MR) is 105 cm³/mol. The molecule has 3 rings (SSSR count). The zero-order chi connectivity index (χ0) is 19.8. The first-order valence-corrected chi connectivity index (χ1v) is 11.1. The zero-order valence-corrected chi connectivity index (χ0v) is 17.0. The number of imide groups is 1. The molecule has 2 heterocycles. The molecule has 0 radical (unpaired) electrons. The van der Waals surface area contributed by atoms with Gasteiger partial charge >= 0.3 is 12.1 Å². The van der Waals surface area contributed by atoms with Crippen LogP contribution in [0.3, 0.4) is 0 Å². The monoisotopic (exact) mass is 410 g/mol. The summed E-state index contributed by atoms with van der Waals surface area (Å²) < 4.78 is 25.1. The van der Waals surface area contributed by atoms with Gasteiger partial charge in [0.15, 0.2) is 0 Å². The lowest BCUT2D eigenvalue weighted by atomic mass is 10.0. The molecule has 1 aromatic heterocycles. The van der Waals surface area contributed by atoms with Crippen LogP contribution in [0.15, 0.2) is 29.6 Å². The van der Waals surface area contributed by atoms with E-state index in [1.807, 2.05) is 37.2 Å². The molecule has 27 heavy (non-hydrogen) atoms. The second kappa shape index (κ2) is 7.45. The van der Waals surface area contributed by atoms with Crippen molar-refractivity contribution >= 4 is 43.5 Å². The fourth-order valence-corrected chi connectivity index (χ4v) is 4.92. The highest BCUT2D eigenvalue weighted by Gasteiger charge is 2.38. The number of benzene rings is 1. The van der Waals surface area contributed by atoms with E-state index in [9.17, 15) is 18.0 Å². The Morgan fingerprint density at radius 2 is 2.00 bits per heavy atom. The van der Waals surface area contributed by atoms with Gasteiger partial charge in [-0.1, -0.05) is 18.2 Å². The van der Waals surface area contributed by atoms with Crippen LogP contribution < -0.4 is 5.32 Å². The first-order valence-electron chi connectivity index (χ1n) is 8.39. The van der Waals surface area contributed by atoms with Crippen molar-refractivity contribution in [3.05, 3.63) is 35.2 Å². The highest BCUT2D eigenvalue weighted by molar-refractivity contribution is 7.88. The van der Waals surface area contributed by atoms with Gasteiger partial charge in [-0.3, -0.25) is 0 Å². The standard InChI is InChI=1S/C17H22N4O4S2/c1-19(2)14(13-11-26-15-7-5-4-6-12(13)15)10-18-16(22)20-8-9-21(17(20)23)27(3,24)25/h4-7,11,14H,8-10H2,1-3H3,(H,18,22)/t14-/m1/s1. The molecular formula is C17H22N4O4S2. The number of fused-ring (bicyclic) bond motifs is 1. The lowest BCUT2D eigenvalue weighted by Gasteiger charge is -2.25. The van der Waals surface area contributed by atoms with Crippen molar-refractivity contribution in [2.24, 2.45) is 0 Å². The Morgan fingerprint density at radius 3 is 2.63 bits per heavy atom. The van der Waals surface area contributed by atoms with Crippen molar-refractivity contribution in [2.75, 3.05) is 40.0 Å². The van der Waals surface area contributed by atoms with Gasteiger partial charge in [-0.25, -0.2) is 27.2 Å². The molecule has 1 N–H and O–H groups in total. The van der Waals surface area contributed by atoms with Crippen LogP contribution in [-0.2, 0) is 10.0 Å². The van der Waals surface area contributed by atoms with Gasteiger partial charge in [0.05, 0.1) is 25.4 Å². The number of sulfonamides is 1. The number of carbonyl (C=O) groups excluding carboxylic acids is 2. The Morgan fingerprint density at radius 1 is 1.30 bits per heavy atom. The quantitative estimate of drug-likeness (QED) is 0.813. The van der Waals surface area contributed by atoms with E-state index < -0.39 is 22.1 Å². The molecule has 1 aliphatic rings. The van der Waals surface area contributed by atoms with Gasteiger partial charge in [-0.05, 0) is 36.5 Å². The molecule has 4 amide bonds. The topological polar surface area (TPSA) is 90.0 Å². The maximum atomic E-state index is 12.4. The van der Waals surface area contributed by atoms with E-state index in [1.54, 1.807) is 11.3 Å². The molecule has 0 spiro atoms. The number of amides is 4. The third-order valence-corrected chi connectivity index (χ3v) is 6.68. The molecule has 0 aliphatic carbocycles. The van der Waals surface area contributed by atoms with E-state index >= 15 is 0 Å². The number of hydrogen-bond donors (Lipinski definition) is 1. The first-order chi connectivity index (χ1) is 12.7. The number of hydrogen-bond acceptors (Lipinski definition) is 6. The minimum atomic E-state index is -3.67. The SMILES string of the molecule is CN(C)[C@H](CNC(=O)N1CCN(S(C)(=O)=O)C1=O)c1csc2ccccc12. The average Bonchev–Trinajstić information content (AvgIpc) is 3.18. The molecule has 0 unspecified atom stereocenters.